The van der Waals surface area contributed by atoms with Crippen molar-refractivity contribution in [2.24, 2.45) is 0 Å². The molecule has 1 unspecified atom stereocenters. The molecule has 0 amide bonds. The molecule has 21 heavy (non-hydrogen) atoms. The van der Waals surface area contributed by atoms with E-state index in [0.717, 1.165) is 18.9 Å². The summed E-state index contributed by atoms with van der Waals surface area (Å²) in [6, 6.07) is 4.39. The number of likely N-dealkylation sites (tertiary alicyclic amines) is 1. The molecule has 1 atom stereocenters. The highest BCUT2D eigenvalue weighted by molar-refractivity contribution is 5.40. The number of pyridine rings is 1. The van der Waals surface area contributed by atoms with E-state index in [9.17, 15) is 0 Å². The number of hydrogen-bond acceptors (Lipinski definition) is 4. The predicted octanol–water partition coefficient (Wildman–Crippen LogP) is 2.25. The number of piperidine rings is 1. The van der Waals surface area contributed by atoms with Crippen LogP contribution in [-0.2, 0) is 6.54 Å². The normalized spacial score (nSPS) is 19.6. The molecule has 0 radical (unpaired) electrons. The number of anilines is 1. The molecule has 0 saturated carbocycles. The first-order chi connectivity index (χ1) is 10.2. The maximum absolute atomic E-state index is 4.41. The van der Waals surface area contributed by atoms with Crippen LogP contribution in [0, 0.1) is 0 Å². The summed E-state index contributed by atoms with van der Waals surface area (Å²) in [7, 11) is 4.08. The number of rotatable bonds is 4. The van der Waals surface area contributed by atoms with Gasteiger partial charge in [-0.1, -0.05) is 0 Å². The Balaban J connectivity index is 1.69. The SMILES string of the molecule is CN(C)c1cc(C2CCCN(Cc3cnc[nH]3)C2)ccn1. The van der Waals surface area contributed by atoms with E-state index in [0.29, 0.717) is 5.92 Å². The van der Waals surface area contributed by atoms with E-state index in [1.54, 1.807) is 6.33 Å². The van der Waals surface area contributed by atoms with Gasteiger partial charge < -0.3 is 9.88 Å². The molecule has 0 bridgehead atoms. The maximum Gasteiger partial charge on any atom is 0.128 e. The first-order valence-corrected chi connectivity index (χ1v) is 7.55. The first-order valence-electron chi connectivity index (χ1n) is 7.55. The highest BCUT2D eigenvalue weighted by atomic mass is 15.1. The monoisotopic (exact) mass is 285 g/mol. The number of aromatic nitrogens is 3. The minimum atomic E-state index is 0.600. The third-order valence-electron chi connectivity index (χ3n) is 4.15. The van der Waals surface area contributed by atoms with Gasteiger partial charge in [0.2, 0.25) is 0 Å². The Kier molecular flexibility index (Phi) is 4.20. The van der Waals surface area contributed by atoms with Gasteiger partial charge in [0, 0.05) is 45.3 Å². The van der Waals surface area contributed by atoms with Crippen LogP contribution < -0.4 is 4.90 Å². The third kappa shape index (κ3) is 3.42. The van der Waals surface area contributed by atoms with Crippen LogP contribution in [0.5, 0.6) is 0 Å². The van der Waals surface area contributed by atoms with Crippen molar-refractivity contribution in [3.63, 3.8) is 0 Å². The Bertz CT molecular complexity index is 564. The van der Waals surface area contributed by atoms with Crippen LogP contribution in [0.15, 0.2) is 30.9 Å². The predicted molar refractivity (Wildman–Crippen MR) is 84.4 cm³/mol. The molecular formula is C16H23N5. The molecule has 5 nitrogen and oxygen atoms in total. The zero-order chi connectivity index (χ0) is 14.7. The largest absolute Gasteiger partial charge is 0.363 e. The number of H-pyrrole nitrogens is 1. The average molecular weight is 285 g/mol. The van der Waals surface area contributed by atoms with Crippen molar-refractivity contribution in [1.82, 2.24) is 19.9 Å². The summed E-state index contributed by atoms with van der Waals surface area (Å²) in [6.07, 6.45) is 8.11. The second-order valence-electron chi connectivity index (χ2n) is 5.99. The summed E-state index contributed by atoms with van der Waals surface area (Å²) in [4.78, 5) is 16.3. The van der Waals surface area contributed by atoms with Gasteiger partial charge >= 0.3 is 0 Å². The molecule has 3 rings (SSSR count). The quantitative estimate of drug-likeness (QED) is 0.936. The van der Waals surface area contributed by atoms with E-state index < -0.39 is 0 Å². The topological polar surface area (TPSA) is 48.0 Å². The lowest BCUT2D eigenvalue weighted by Crippen LogP contribution is -2.34. The summed E-state index contributed by atoms with van der Waals surface area (Å²) in [5.41, 5.74) is 2.60. The summed E-state index contributed by atoms with van der Waals surface area (Å²) >= 11 is 0. The van der Waals surface area contributed by atoms with E-state index in [-0.39, 0.29) is 0 Å². The van der Waals surface area contributed by atoms with E-state index in [1.165, 1.54) is 30.6 Å². The highest BCUT2D eigenvalue weighted by Gasteiger charge is 2.22. The van der Waals surface area contributed by atoms with Crippen molar-refractivity contribution in [2.45, 2.75) is 25.3 Å². The molecule has 2 aromatic rings. The van der Waals surface area contributed by atoms with Crippen molar-refractivity contribution in [3.8, 4) is 0 Å². The second kappa shape index (κ2) is 6.26. The minimum Gasteiger partial charge on any atom is -0.363 e. The molecule has 1 aliphatic heterocycles. The molecule has 5 heteroatoms. The zero-order valence-corrected chi connectivity index (χ0v) is 12.8. The maximum atomic E-state index is 4.41. The van der Waals surface area contributed by atoms with Crippen LogP contribution in [0.1, 0.15) is 30.0 Å². The van der Waals surface area contributed by atoms with Crippen molar-refractivity contribution in [1.29, 1.82) is 0 Å². The Morgan fingerprint density at radius 2 is 2.33 bits per heavy atom. The molecular weight excluding hydrogens is 262 g/mol. The molecule has 0 aromatic carbocycles. The van der Waals surface area contributed by atoms with Crippen LogP contribution in [0.3, 0.4) is 0 Å². The van der Waals surface area contributed by atoms with Gasteiger partial charge in [-0.3, -0.25) is 4.90 Å². The summed E-state index contributed by atoms with van der Waals surface area (Å²) < 4.78 is 0. The standard InChI is InChI=1S/C16H23N5/c1-20(2)16-8-13(5-6-18-16)14-4-3-7-21(10-14)11-15-9-17-12-19-15/h5-6,8-9,12,14H,3-4,7,10-11H2,1-2H3,(H,17,19). The molecule has 3 heterocycles. The summed E-state index contributed by atoms with van der Waals surface area (Å²) in [5.74, 6) is 1.64. The first kappa shape index (κ1) is 14.1. The molecule has 1 N–H and O–H groups in total. The summed E-state index contributed by atoms with van der Waals surface area (Å²) in [5, 5.41) is 0. The fraction of sp³-hybridized carbons (Fsp3) is 0.500. The second-order valence-corrected chi connectivity index (χ2v) is 5.99. The lowest BCUT2D eigenvalue weighted by molar-refractivity contribution is 0.198. The Morgan fingerprint density at radius 3 is 3.10 bits per heavy atom. The van der Waals surface area contributed by atoms with Gasteiger partial charge in [-0.2, -0.15) is 0 Å². The van der Waals surface area contributed by atoms with Crippen molar-refractivity contribution >= 4 is 5.82 Å². The van der Waals surface area contributed by atoms with Gasteiger partial charge in [-0.05, 0) is 43.0 Å². The van der Waals surface area contributed by atoms with Crippen molar-refractivity contribution < 1.29 is 0 Å². The molecule has 112 valence electrons. The van der Waals surface area contributed by atoms with Crippen LogP contribution in [0.4, 0.5) is 5.82 Å². The molecule has 0 spiro atoms. The Hall–Kier alpha value is -1.88. The molecule has 0 aliphatic carbocycles. The number of nitrogens with one attached hydrogen (secondary N) is 1. The molecule has 2 aromatic heterocycles. The number of imidazole rings is 1. The summed E-state index contributed by atoms with van der Waals surface area (Å²) in [6.45, 7) is 3.24. The fourth-order valence-electron chi connectivity index (χ4n) is 3.02. The molecule has 1 saturated heterocycles. The van der Waals surface area contributed by atoms with E-state index in [1.807, 2.05) is 26.5 Å². The lowest BCUT2D eigenvalue weighted by atomic mass is 9.91. The van der Waals surface area contributed by atoms with Gasteiger partial charge in [0.1, 0.15) is 5.82 Å². The van der Waals surface area contributed by atoms with Gasteiger partial charge in [-0.15, -0.1) is 0 Å². The van der Waals surface area contributed by atoms with Crippen molar-refractivity contribution in [2.75, 3.05) is 32.1 Å². The number of aromatic amines is 1. The van der Waals surface area contributed by atoms with Crippen LogP contribution >= 0.6 is 0 Å². The van der Waals surface area contributed by atoms with Gasteiger partial charge in [0.25, 0.3) is 0 Å². The van der Waals surface area contributed by atoms with Gasteiger partial charge in [0.05, 0.1) is 6.33 Å². The average Bonchev–Trinajstić information content (AvgIpc) is 3.00. The fourth-order valence-corrected chi connectivity index (χ4v) is 3.02. The highest BCUT2D eigenvalue weighted by Crippen LogP contribution is 2.28. The van der Waals surface area contributed by atoms with E-state index in [2.05, 4.69) is 36.9 Å². The van der Waals surface area contributed by atoms with Crippen LogP contribution in [-0.4, -0.2) is 47.0 Å². The third-order valence-corrected chi connectivity index (χ3v) is 4.15. The van der Waals surface area contributed by atoms with Gasteiger partial charge in [-0.25, -0.2) is 9.97 Å². The zero-order valence-electron chi connectivity index (χ0n) is 12.8. The van der Waals surface area contributed by atoms with E-state index >= 15 is 0 Å². The van der Waals surface area contributed by atoms with Crippen LogP contribution in [0.2, 0.25) is 0 Å². The Morgan fingerprint density at radius 1 is 1.43 bits per heavy atom. The molecule has 1 fully saturated rings. The Labute approximate surface area is 126 Å². The number of hydrogen-bond donors (Lipinski definition) is 1. The minimum absolute atomic E-state index is 0.600. The van der Waals surface area contributed by atoms with Crippen molar-refractivity contribution in [3.05, 3.63) is 42.1 Å². The molecule has 1 aliphatic rings. The van der Waals surface area contributed by atoms with Gasteiger partial charge in [0.15, 0.2) is 0 Å². The number of nitrogens with zero attached hydrogens (tertiary/aromatic N) is 4. The lowest BCUT2D eigenvalue weighted by Gasteiger charge is -2.32. The van der Waals surface area contributed by atoms with Crippen LogP contribution in [0.25, 0.3) is 0 Å². The smallest absolute Gasteiger partial charge is 0.128 e. The van der Waals surface area contributed by atoms with E-state index in [4.69, 9.17) is 0 Å².